The summed E-state index contributed by atoms with van der Waals surface area (Å²) in [6.07, 6.45) is 5.06. The van der Waals surface area contributed by atoms with Crippen LogP contribution in [0.25, 0.3) is 6.08 Å². The van der Waals surface area contributed by atoms with Gasteiger partial charge in [-0.25, -0.2) is 4.98 Å². The molecule has 1 aromatic heterocycles. The lowest BCUT2D eigenvalue weighted by Gasteiger charge is -2.39. The van der Waals surface area contributed by atoms with Crippen molar-refractivity contribution in [2.45, 2.75) is 18.0 Å². The first-order chi connectivity index (χ1) is 18.0. The van der Waals surface area contributed by atoms with E-state index in [1.165, 1.54) is 19.4 Å². The Labute approximate surface area is 215 Å². The second kappa shape index (κ2) is 11.9. The molecule has 0 aliphatic carbocycles. The molecule has 0 saturated heterocycles. The van der Waals surface area contributed by atoms with Crippen LogP contribution < -0.4 is 5.32 Å². The van der Waals surface area contributed by atoms with Gasteiger partial charge in [0.25, 0.3) is 5.69 Å². The Balaban J connectivity index is 1.75. The topological polar surface area (TPSA) is 94.4 Å². The van der Waals surface area contributed by atoms with E-state index >= 15 is 0 Å². The van der Waals surface area contributed by atoms with Crippen LogP contribution in [0.15, 0.2) is 115 Å². The summed E-state index contributed by atoms with van der Waals surface area (Å²) >= 11 is 0. The normalized spacial score (nSPS) is 12.2. The second-order valence-electron chi connectivity index (χ2n) is 8.40. The van der Waals surface area contributed by atoms with Gasteiger partial charge >= 0.3 is 5.97 Å². The number of hydrogen-bond donors (Lipinski definition) is 1. The number of esters is 1. The maximum Gasteiger partial charge on any atom is 0.323 e. The first-order valence-corrected chi connectivity index (χ1v) is 11.8. The Bertz CT molecular complexity index is 1250. The van der Waals surface area contributed by atoms with Crippen LogP contribution in [0, 0.1) is 10.1 Å². The molecule has 0 aliphatic heterocycles. The molecule has 4 rings (SSSR count). The summed E-state index contributed by atoms with van der Waals surface area (Å²) < 4.78 is 5.18. The van der Waals surface area contributed by atoms with Crippen molar-refractivity contribution in [1.29, 1.82) is 0 Å². The van der Waals surface area contributed by atoms with Gasteiger partial charge in [0.1, 0.15) is 12.2 Å². The summed E-state index contributed by atoms with van der Waals surface area (Å²) in [5.41, 5.74) is 2.55. The predicted molar refractivity (Wildman–Crippen MR) is 143 cm³/mol. The molecule has 0 amide bonds. The van der Waals surface area contributed by atoms with Crippen molar-refractivity contribution < 1.29 is 14.5 Å². The van der Waals surface area contributed by atoms with Gasteiger partial charge in [-0.2, -0.15) is 0 Å². The van der Waals surface area contributed by atoms with Crippen molar-refractivity contribution in [2.75, 3.05) is 7.11 Å². The van der Waals surface area contributed by atoms with E-state index in [0.29, 0.717) is 12.1 Å². The molecule has 0 radical (unpaired) electrons. The fourth-order valence-corrected chi connectivity index (χ4v) is 4.36. The first kappa shape index (κ1) is 25.5. The van der Waals surface area contributed by atoms with Crippen LogP contribution in [0.1, 0.15) is 28.8 Å². The molecule has 0 saturated carbocycles. The van der Waals surface area contributed by atoms with E-state index in [-0.39, 0.29) is 5.69 Å². The van der Waals surface area contributed by atoms with Gasteiger partial charge in [-0.3, -0.25) is 20.2 Å². The van der Waals surface area contributed by atoms with Crippen LogP contribution in [0.2, 0.25) is 0 Å². The van der Waals surface area contributed by atoms with Gasteiger partial charge in [-0.05, 0) is 35.3 Å². The van der Waals surface area contributed by atoms with E-state index in [9.17, 15) is 14.9 Å². The van der Waals surface area contributed by atoms with Crippen LogP contribution in [0.3, 0.4) is 0 Å². The lowest BCUT2D eigenvalue weighted by atomic mass is 9.76. The van der Waals surface area contributed by atoms with E-state index < -0.39 is 22.5 Å². The molecule has 0 bridgehead atoms. The van der Waals surface area contributed by atoms with Crippen LogP contribution in [-0.4, -0.2) is 29.0 Å². The molecule has 0 unspecified atom stereocenters. The molecule has 186 valence electrons. The Morgan fingerprint density at radius 3 is 1.84 bits per heavy atom. The van der Waals surface area contributed by atoms with Crippen molar-refractivity contribution in [3.63, 3.8) is 0 Å². The van der Waals surface area contributed by atoms with Crippen LogP contribution in [0.4, 0.5) is 5.69 Å². The number of rotatable bonds is 10. The van der Waals surface area contributed by atoms with E-state index in [2.05, 4.69) is 10.3 Å². The molecule has 1 atom stereocenters. The number of methoxy groups -OCH3 is 1. The number of carbonyl (C=O) groups excluding carboxylic acids is 1. The standard InChI is InChI=1S/C30H27N3O4/c1-37-29(34)28(19-11-18-26-20-21-27(22-31-26)33(35)36)32-30(23-12-5-2-6-13-23,24-14-7-3-8-15-24)25-16-9-4-10-17-25/h2-18,20-22,28,32H,19H2,1H3/t28-/m0/s1. The molecule has 37 heavy (non-hydrogen) atoms. The molecular weight excluding hydrogens is 466 g/mol. The number of pyridine rings is 1. The van der Waals surface area contributed by atoms with E-state index in [1.54, 1.807) is 12.1 Å². The van der Waals surface area contributed by atoms with Gasteiger partial charge in [0.05, 0.1) is 23.3 Å². The van der Waals surface area contributed by atoms with Crippen LogP contribution in [0.5, 0.6) is 0 Å². The number of nitrogens with zero attached hydrogens (tertiary/aromatic N) is 2. The summed E-state index contributed by atoms with van der Waals surface area (Å²) in [4.78, 5) is 27.6. The molecule has 0 aliphatic rings. The monoisotopic (exact) mass is 493 g/mol. The number of benzene rings is 3. The van der Waals surface area contributed by atoms with Gasteiger partial charge in [-0.15, -0.1) is 0 Å². The summed E-state index contributed by atoms with van der Waals surface area (Å²) in [6, 6.07) is 32.2. The third kappa shape index (κ3) is 5.79. The SMILES string of the molecule is COC(=O)[C@H](CC=Cc1ccc([N+](=O)[O-])cn1)NC(c1ccccc1)(c1ccccc1)c1ccccc1. The number of nitrogens with one attached hydrogen (secondary N) is 1. The molecular formula is C30H27N3O4. The molecule has 1 heterocycles. The average molecular weight is 494 g/mol. The maximum atomic E-state index is 13.0. The maximum absolute atomic E-state index is 13.0. The van der Waals surface area contributed by atoms with Gasteiger partial charge < -0.3 is 4.74 Å². The van der Waals surface area contributed by atoms with Gasteiger partial charge in [0, 0.05) is 6.07 Å². The molecule has 3 aromatic carbocycles. The Hall–Kier alpha value is -4.62. The molecule has 0 spiro atoms. The molecule has 7 nitrogen and oxygen atoms in total. The minimum absolute atomic E-state index is 0.0791. The highest BCUT2D eigenvalue weighted by molar-refractivity contribution is 5.76. The Morgan fingerprint density at radius 1 is 0.919 bits per heavy atom. The quantitative estimate of drug-likeness (QED) is 0.135. The van der Waals surface area contributed by atoms with Crippen molar-refractivity contribution in [3.05, 3.63) is 148 Å². The minimum atomic E-state index is -0.845. The summed E-state index contributed by atoms with van der Waals surface area (Å²) in [5, 5.41) is 14.5. The summed E-state index contributed by atoms with van der Waals surface area (Å²) in [6.45, 7) is 0. The molecule has 0 fully saturated rings. The van der Waals surface area contributed by atoms with Gasteiger partial charge in [0.15, 0.2) is 0 Å². The summed E-state index contributed by atoms with van der Waals surface area (Å²) in [7, 11) is 1.37. The highest BCUT2D eigenvalue weighted by Gasteiger charge is 2.39. The van der Waals surface area contributed by atoms with Gasteiger partial charge in [-0.1, -0.05) is 97.1 Å². The number of ether oxygens (including phenoxy) is 1. The van der Waals surface area contributed by atoms with E-state index in [1.807, 2.05) is 97.1 Å². The average Bonchev–Trinajstić information content (AvgIpc) is 2.96. The minimum Gasteiger partial charge on any atom is -0.468 e. The fourth-order valence-electron chi connectivity index (χ4n) is 4.36. The van der Waals surface area contributed by atoms with Gasteiger partial charge in [0.2, 0.25) is 0 Å². The zero-order chi connectivity index (χ0) is 26.1. The van der Waals surface area contributed by atoms with Crippen molar-refractivity contribution in [2.24, 2.45) is 0 Å². The molecule has 4 aromatic rings. The predicted octanol–water partition coefficient (Wildman–Crippen LogP) is 5.52. The third-order valence-corrected chi connectivity index (χ3v) is 6.14. The Kier molecular flexibility index (Phi) is 8.18. The number of aromatic nitrogens is 1. The van der Waals surface area contributed by atoms with E-state index in [4.69, 9.17) is 4.74 Å². The second-order valence-corrected chi connectivity index (χ2v) is 8.40. The lowest BCUT2D eigenvalue weighted by Crippen LogP contribution is -2.52. The van der Waals surface area contributed by atoms with Crippen LogP contribution in [-0.2, 0) is 15.1 Å². The zero-order valence-corrected chi connectivity index (χ0v) is 20.4. The fraction of sp³-hybridized carbons (Fsp3) is 0.133. The largest absolute Gasteiger partial charge is 0.468 e. The third-order valence-electron chi connectivity index (χ3n) is 6.14. The van der Waals surface area contributed by atoms with E-state index in [0.717, 1.165) is 16.7 Å². The first-order valence-electron chi connectivity index (χ1n) is 11.8. The van der Waals surface area contributed by atoms with Crippen LogP contribution >= 0.6 is 0 Å². The highest BCUT2D eigenvalue weighted by Crippen LogP contribution is 2.37. The van der Waals surface area contributed by atoms with Crippen molar-refractivity contribution >= 4 is 17.7 Å². The number of carbonyl (C=O) groups is 1. The smallest absolute Gasteiger partial charge is 0.323 e. The lowest BCUT2D eigenvalue weighted by molar-refractivity contribution is -0.385. The number of hydrogen-bond acceptors (Lipinski definition) is 6. The Morgan fingerprint density at radius 2 is 1.43 bits per heavy atom. The zero-order valence-electron chi connectivity index (χ0n) is 20.4. The van der Waals surface area contributed by atoms with Crippen molar-refractivity contribution in [1.82, 2.24) is 10.3 Å². The molecule has 1 N–H and O–H groups in total. The number of nitro groups is 1. The molecule has 7 heteroatoms. The summed E-state index contributed by atoms with van der Waals surface area (Å²) in [5.74, 6) is -0.409. The van der Waals surface area contributed by atoms with Crippen molar-refractivity contribution in [3.8, 4) is 0 Å². The highest BCUT2D eigenvalue weighted by atomic mass is 16.6.